The fourth-order valence-electron chi connectivity index (χ4n) is 4.23. The summed E-state index contributed by atoms with van der Waals surface area (Å²) in [4.78, 5) is 19.3. The molecule has 0 N–H and O–H groups in total. The summed E-state index contributed by atoms with van der Waals surface area (Å²) < 4.78 is 15.4. The summed E-state index contributed by atoms with van der Waals surface area (Å²) in [6, 6.07) is 16.9. The minimum Gasteiger partial charge on any atom is -0.342 e. The first-order valence-corrected chi connectivity index (χ1v) is 10.7. The number of amides is 1. The molecule has 1 atom stereocenters. The Morgan fingerprint density at radius 1 is 1.10 bits per heavy atom. The molecule has 2 heterocycles. The zero-order valence-electron chi connectivity index (χ0n) is 17.4. The van der Waals surface area contributed by atoms with Crippen molar-refractivity contribution in [3.63, 3.8) is 0 Å². The van der Waals surface area contributed by atoms with Crippen molar-refractivity contribution in [3.05, 3.63) is 89.3 Å². The standard InChI is InChI=1S/C25H28FN3O/c1-19-16-27-25(29(19)17-21-10-12-23(26)13-11-21)22-14-15-28(18-22)24(30)9-5-8-20-6-3-2-4-7-20/h2-4,6-7,10-13,16,22H,5,8-9,14-15,17-18H2,1H3. The van der Waals surface area contributed by atoms with Crippen LogP contribution >= 0.6 is 0 Å². The first-order chi connectivity index (χ1) is 14.6. The van der Waals surface area contributed by atoms with Gasteiger partial charge in [-0.25, -0.2) is 9.37 Å². The Balaban J connectivity index is 1.35. The van der Waals surface area contributed by atoms with E-state index in [1.165, 1.54) is 17.7 Å². The highest BCUT2D eigenvalue weighted by Crippen LogP contribution is 2.28. The van der Waals surface area contributed by atoms with Crippen LogP contribution in [0.15, 0.2) is 60.8 Å². The van der Waals surface area contributed by atoms with Gasteiger partial charge in [0.25, 0.3) is 0 Å². The molecule has 1 fully saturated rings. The van der Waals surface area contributed by atoms with Crippen molar-refractivity contribution in [2.24, 2.45) is 0 Å². The molecule has 1 aliphatic heterocycles. The van der Waals surface area contributed by atoms with Crippen molar-refractivity contribution in [1.82, 2.24) is 14.5 Å². The smallest absolute Gasteiger partial charge is 0.222 e. The maximum Gasteiger partial charge on any atom is 0.222 e. The lowest BCUT2D eigenvalue weighted by Gasteiger charge is -2.18. The normalized spacial score (nSPS) is 16.2. The van der Waals surface area contributed by atoms with Crippen molar-refractivity contribution in [2.45, 2.75) is 45.1 Å². The number of hydrogen-bond donors (Lipinski definition) is 0. The lowest BCUT2D eigenvalue weighted by Crippen LogP contribution is -2.28. The van der Waals surface area contributed by atoms with E-state index in [0.29, 0.717) is 13.0 Å². The molecule has 156 valence electrons. The number of likely N-dealkylation sites (tertiary alicyclic amines) is 1. The van der Waals surface area contributed by atoms with Gasteiger partial charge in [-0.3, -0.25) is 4.79 Å². The summed E-state index contributed by atoms with van der Waals surface area (Å²) >= 11 is 0. The van der Waals surface area contributed by atoms with Crippen LogP contribution in [0.2, 0.25) is 0 Å². The van der Waals surface area contributed by atoms with Gasteiger partial charge in [-0.05, 0) is 49.4 Å². The molecule has 0 aliphatic carbocycles. The zero-order valence-corrected chi connectivity index (χ0v) is 17.4. The van der Waals surface area contributed by atoms with Crippen LogP contribution in [-0.2, 0) is 17.8 Å². The summed E-state index contributed by atoms with van der Waals surface area (Å²) in [5, 5.41) is 0. The first kappa shape index (κ1) is 20.3. The van der Waals surface area contributed by atoms with Crippen molar-refractivity contribution in [2.75, 3.05) is 13.1 Å². The zero-order chi connectivity index (χ0) is 20.9. The van der Waals surface area contributed by atoms with E-state index in [4.69, 9.17) is 0 Å². The Labute approximate surface area is 177 Å². The highest BCUT2D eigenvalue weighted by molar-refractivity contribution is 5.76. The van der Waals surface area contributed by atoms with E-state index in [0.717, 1.165) is 49.4 Å². The van der Waals surface area contributed by atoms with E-state index in [1.807, 2.05) is 48.4 Å². The minimum absolute atomic E-state index is 0.224. The largest absolute Gasteiger partial charge is 0.342 e. The summed E-state index contributed by atoms with van der Waals surface area (Å²) in [5.74, 6) is 1.29. The average molecular weight is 406 g/mol. The SMILES string of the molecule is Cc1cnc(C2CCN(C(=O)CCCc3ccccc3)C2)n1Cc1ccc(F)cc1. The van der Waals surface area contributed by atoms with E-state index in [1.54, 1.807) is 0 Å². The van der Waals surface area contributed by atoms with Gasteiger partial charge < -0.3 is 9.47 Å². The number of imidazole rings is 1. The second-order valence-corrected chi connectivity index (χ2v) is 8.13. The predicted molar refractivity (Wildman–Crippen MR) is 116 cm³/mol. The molecular weight excluding hydrogens is 377 g/mol. The third-order valence-corrected chi connectivity index (χ3v) is 5.94. The van der Waals surface area contributed by atoms with Crippen LogP contribution in [0.25, 0.3) is 0 Å². The van der Waals surface area contributed by atoms with Crippen LogP contribution in [0.1, 0.15) is 47.8 Å². The van der Waals surface area contributed by atoms with Crippen LogP contribution in [0.5, 0.6) is 0 Å². The summed E-state index contributed by atoms with van der Waals surface area (Å²) in [5.41, 5.74) is 3.41. The Kier molecular flexibility index (Phi) is 6.26. The molecule has 0 radical (unpaired) electrons. The maximum absolute atomic E-state index is 13.2. The number of halogens is 1. The third-order valence-electron chi connectivity index (χ3n) is 5.94. The molecule has 5 heteroatoms. The van der Waals surface area contributed by atoms with Gasteiger partial charge >= 0.3 is 0 Å². The van der Waals surface area contributed by atoms with Crippen LogP contribution < -0.4 is 0 Å². The molecule has 0 saturated carbocycles. The second kappa shape index (κ2) is 9.24. The fraction of sp³-hybridized carbons (Fsp3) is 0.360. The van der Waals surface area contributed by atoms with Crippen LogP contribution in [0.3, 0.4) is 0 Å². The summed E-state index contributed by atoms with van der Waals surface area (Å²) in [6.07, 6.45) is 5.23. The lowest BCUT2D eigenvalue weighted by atomic mass is 10.1. The Morgan fingerprint density at radius 2 is 1.87 bits per heavy atom. The number of aromatic nitrogens is 2. The molecule has 0 bridgehead atoms. The third kappa shape index (κ3) is 4.78. The van der Waals surface area contributed by atoms with Gasteiger partial charge in [-0.15, -0.1) is 0 Å². The first-order valence-electron chi connectivity index (χ1n) is 10.7. The van der Waals surface area contributed by atoms with Crippen LogP contribution in [0.4, 0.5) is 4.39 Å². The number of carbonyl (C=O) groups is 1. The van der Waals surface area contributed by atoms with Gasteiger partial charge in [-0.2, -0.15) is 0 Å². The van der Waals surface area contributed by atoms with E-state index >= 15 is 0 Å². The van der Waals surface area contributed by atoms with Crippen molar-refractivity contribution in [3.8, 4) is 0 Å². The topological polar surface area (TPSA) is 38.1 Å². The highest BCUT2D eigenvalue weighted by Gasteiger charge is 2.30. The summed E-state index contributed by atoms with van der Waals surface area (Å²) in [7, 11) is 0. The van der Waals surface area contributed by atoms with E-state index in [9.17, 15) is 9.18 Å². The Hall–Kier alpha value is -2.95. The molecule has 2 aromatic carbocycles. The van der Waals surface area contributed by atoms with Crippen molar-refractivity contribution < 1.29 is 9.18 Å². The number of aryl methyl sites for hydroxylation is 2. The molecule has 4 rings (SSSR count). The van der Waals surface area contributed by atoms with Gasteiger partial charge in [0.05, 0.1) is 0 Å². The predicted octanol–water partition coefficient (Wildman–Crippen LogP) is 4.72. The summed E-state index contributed by atoms with van der Waals surface area (Å²) in [6.45, 7) is 4.23. The van der Waals surface area contributed by atoms with E-state index < -0.39 is 0 Å². The maximum atomic E-state index is 13.2. The molecule has 30 heavy (non-hydrogen) atoms. The van der Waals surface area contributed by atoms with Gasteiger partial charge in [0.1, 0.15) is 11.6 Å². The van der Waals surface area contributed by atoms with E-state index in [2.05, 4.69) is 21.7 Å². The minimum atomic E-state index is -0.224. The molecular formula is C25H28FN3O. The molecule has 0 spiro atoms. The Bertz CT molecular complexity index is 981. The number of carbonyl (C=O) groups excluding carboxylic acids is 1. The monoisotopic (exact) mass is 405 g/mol. The molecule has 3 aromatic rings. The molecule has 1 saturated heterocycles. The highest BCUT2D eigenvalue weighted by atomic mass is 19.1. The second-order valence-electron chi connectivity index (χ2n) is 8.13. The molecule has 1 unspecified atom stereocenters. The quantitative estimate of drug-likeness (QED) is 0.571. The molecule has 1 amide bonds. The number of rotatable bonds is 7. The number of benzene rings is 2. The van der Waals surface area contributed by atoms with Crippen LogP contribution in [-0.4, -0.2) is 33.4 Å². The molecule has 1 aliphatic rings. The van der Waals surface area contributed by atoms with Gasteiger partial charge in [-0.1, -0.05) is 42.5 Å². The molecule has 4 nitrogen and oxygen atoms in total. The lowest BCUT2D eigenvalue weighted by molar-refractivity contribution is -0.130. The van der Waals surface area contributed by atoms with Gasteiger partial charge in [0.2, 0.25) is 5.91 Å². The van der Waals surface area contributed by atoms with Crippen LogP contribution in [0, 0.1) is 12.7 Å². The van der Waals surface area contributed by atoms with Crippen molar-refractivity contribution >= 4 is 5.91 Å². The van der Waals surface area contributed by atoms with Gasteiger partial charge in [0.15, 0.2) is 0 Å². The van der Waals surface area contributed by atoms with Gasteiger partial charge in [0, 0.05) is 43.9 Å². The Morgan fingerprint density at radius 3 is 2.63 bits per heavy atom. The molecule has 1 aromatic heterocycles. The fourth-order valence-corrected chi connectivity index (χ4v) is 4.23. The number of nitrogens with zero attached hydrogens (tertiary/aromatic N) is 3. The number of hydrogen-bond acceptors (Lipinski definition) is 2. The van der Waals surface area contributed by atoms with E-state index in [-0.39, 0.29) is 17.6 Å². The average Bonchev–Trinajstić information content (AvgIpc) is 3.38. The van der Waals surface area contributed by atoms with Crippen molar-refractivity contribution in [1.29, 1.82) is 0 Å².